The van der Waals surface area contributed by atoms with Crippen LogP contribution in [0.4, 0.5) is 0 Å². The van der Waals surface area contributed by atoms with Gasteiger partial charge in [0.25, 0.3) is 0 Å². The van der Waals surface area contributed by atoms with Gasteiger partial charge in [-0.2, -0.15) is 0 Å². The molecule has 0 bridgehead atoms. The van der Waals surface area contributed by atoms with Crippen molar-refractivity contribution in [1.29, 1.82) is 0 Å². The number of aliphatic hydroxyl groups is 1. The summed E-state index contributed by atoms with van der Waals surface area (Å²) in [5.41, 5.74) is 7.62. The van der Waals surface area contributed by atoms with Gasteiger partial charge in [-0.15, -0.1) is 24.8 Å². The number of benzene rings is 1. The highest BCUT2D eigenvalue weighted by molar-refractivity contribution is 5.85. The number of nitrogens with one attached hydrogen (secondary N) is 1. The van der Waals surface area contributed by atoms with Crippen LogP contribution in [0, 0.1) is 11.8 Å². The minimum Gasteiger partial charge on any atom is -0.493 e. The third-order valence-electron chi connectivity index (χ3n) is 6.46. The average Bonchev–Trinajstić information content (AvgIpc) is 3.28. The minimum absolute atomic E-state index is 0. The number of methoxy groups -OCH3 is 2. The molecule has 0 heterocycles. The maximum atomic E-state index is 10.6. The molecule has 1 aromatic carbocycles. The molecule has 1 aliphatic carbocycles. The average molecular weight is 510 g/mol. The Morgan fingerprint density at radius 3 is 2.39 bits per heavy atom. The van der Waals surface area contributed by atoms with Crippen molar-refractivity contribution in [1.82, 2.24) is 5.32 Å². The van der Waals surface area contributed by atoms with Gasteiger partial charge in [0.05, 0.1) is 19.8 Å². The molecule has 1 aromatic rings. The molecule has 8 heteroatoms. The molecule has 0 aromatic heterocycles. The van der Waals surface area contributed by atoms with E-state index < -0.39 is 6.10 Å². The van der Waals surface area contributed by atoms with E-state index in [1.54, 1.807) is 14.2 Å². The van der Waals surface area contributed by atoms with Crippen molar-refractivity contribution < 1.29 is 19.3 Å². The predicted octanol–water partition coefficient (Wildman–Crippen LogP) is 4.38. The lowest BCUT2D eigenvalue weighted by molar-refractivity contribution is 0.121. The molecule has 6 nitrogen and oxygen atoms in total. The van der Waals surface area contributed by atoms with Crippen LogP contribution in [0.3, 0.4) is 0 Å². The van der Waals surface area contributed by atoms with Gasteiger partial charge in [-0.05, 0) is 55.2 Å². The Kier molecular flexibility index (Phi) is 17.2. The van der Waals surface area contributed by atoms with Crippen molar-refractivity contribution in [2.24, 2.45) is 17.6 Å². The Labute approximate surface area is 213 Å². The number of nitrogens with two attached hydrogens (primary N) is 1. The van der Waals surface area contributed by atoms with Crippen LogP contribution in [0.15, 0.2) is 18.2 Å². The zero-order valence-corrected chi connectivity index (χ0v) is 22.4. The first kappa shape index (κ1) is 32.2. The van der Waals surface area contributed by atoms with Crippen molar-refractivity contribution in [3.63, 3.8) is 0 Å². The van der Waals surface area contributed by atoms with Gasteiger partial charge in [-0.25, -0.2) is 0 Å². The van der Waals surface area contributed by atoms with E-state index in [4.69, 9.17) is 19.9 Å². The Balaban J connectivity index is 0.00000512. The van der Waals surface area contributed by atoms with Crippen LogP contribution >= 0.6 is 24.8 Å². The van der Waals surface area contributed by atoms with Crippen LogP contribution in [0.1, 0.15) is 57.9 Å². The van der Waals surface area contributed by atoms with Crippen LogP contribution in [0.5, 0.6) is 11.5 Å². The van der Waals surface area contributed by atoms with Gasteiger partial charge in [0.2, 0.25) is 0 Å². The molecule has 0 aliphatic heterocycles. The van der Waals surface area contributed by atoms with Crippen LogP contribution in [-0.4, -0.2) is 57.3 Å². The van der Waals surface area contributed by atoms with E-state index in [9.17, 15) is 5.11 Å². The lowest BCUT2D eigenvalue weighted by Gasteiger charge is -2.28. The normalized spacial score (nSPS) is 16.6. The van der Waals surface area contributed by atoms with E-state index >= 15 is 0 Å². The van der Waals surface area contributed by atoms with E-state index in [1.807, 2.05) is 6.07 Å². The van der Waals surface area contributed by atoms with Gasteiger partial charge in [0, 0.05) is 38.8 Å². The zero-order chi connectivity index (χ0) is 22.6. The molecule has 1 fully saturated rings. The van der Waals surface area contributed by atoms with E-state index in [-0.39, 0.29) is 30.9 Å². The molecule has 0 amide bonds. The quantitative estimate of drug-likeness (QED) is 0.304. The Morgan fingerprint density at radius 1 is 1.09 bits per heavy atom. The minimum atomic E-state index is -0.516. The Morgan fingerprint density at radius 2 is 1.79 bits per heavy atom. The highest BCUT2D eigenvalue weighted by Crippen LogP contribution is 2.31. The number of aliphatic hydroxyl groups excluding tert-OH is 1. The summed E-state index contributed by atoms with van der Waals surface area (Å²) in [7, 11) is 3.35. The summed E-state index contributed by atoms with van der Waals surface area (Å²) in [6, 6.07) is 6.46. The van der Waals surface area contributed by atoms with Crippen molar-refractivity contribution in [3.05, 3.63) is 23.8 Å². The maximum Gasteiger partial charge on any atom is 0.161 e. The summed E-state index contributed by atoms with van der Waals surface area (Å²) in [6.07, 6.45) is 7.00. The monoisotopic (exact) mass is 508 g/mol. The van der Waals surface area contributed by atoms with Crippen LogP contribution in [0.25, 0.3) is 0 Å². The zero-order valence-electron chi connectivity index (χ0n) is 20.8. The predicted molar refractivity (Wildman–Crippen MR) is 140 cm³/mol. The van der Waals surface area contributed by atoms with Gasteiger partial charge in [-0.1, -0.05) is 32.8 Å². The van der Waals surface area contributed by atoms with Crippen LogP contribution in [-0.2, 0) is 11.2 Å². The molecule has 0 unspecified atom stereocenters. The van der Waals surface area contributed by atoms with Crippen molar-refractivity contribution in [3.8, 4) is 11.5 Å². The van der Waals surface area contributed by atoms with Gasteiger partial charge in [0.1, 0.15) is 0 Å². The molecule has 0 spiro atoms. The van der Waals surface area contributed by atoms with Crippen molar-refractivity contribution in [2.75, 3.05) is 34.0 Å². The first-order valence-corrected chi connectivity index (χ1v) is 11.9. The highest BCUT2D eigenvalue weighted by Gasteiger charge is 2.24. The van der Waals surface area contributed by atoms with E-state index in [1.165, 1.54) is 31.2 Å². The van der Waals surface area contributed by atoms with Gasteiger partial charge in [0.15, 0.2) is 11.5 Å². The summed E-state index contributed by atoms with van der Waals surface area (Å²) in [5.74, 6) is 2.36. The smallest absolute Gasteiger partial charge is 0.161 e. The summed E-state index contributed by atoms with van der Waals surface area (Å²) in [4.78, 5) is 0. The van der Waals surface area contributed by atoms with Crippen LogP contribution in [0.2, 0.25) is 0 Å². The molecule has 1 saturated carbocycles. The van der Waals surface area contributed by atoms with E-state index in [0.717, 1.165) is 30.8 Å². The molecule has 4 N–H and O–H groups in total. The maximum absolute atomic E-state index is 10.6. The summed E-state index contributed by atoms with van der Waals surface area (Å²) in [6.45, 7) is 6.30. The molecule has 3 atom stereocenters. The number of hydrogen-bond donors (Lipinski definition) is 3. The molecular formula is C25H46Cl2N2O4. The summed E-state index contributed by atoms with van der Waals surface area (Å²) >= 11 is 0. The number of rotatable bonds is 15. The molecular weight excluding hydrogens is 463 g/mol. The van der Waals surface area contributed by atoms with Gasteiger partial charge < -0.3 is 30.4 Å². The molecule has 2 rings (SSSR count). The lowest BCUT2D eigenvalue weighted by Crippen LogP contribution is -2.45. The second-order valence-corrected chi connectivity index (χ2v) is 9.24. The highest BCUT2D eigenvalue weighted by atomic mass is 35.5. The first-order valence-electron chi connectivity index (χ1n) is 11.9. The van der Waals surface area contributed by atoms with Crippen molar-refractivity contribution in [2.45, 2.75) is 77.0 Å². The molecule has 0 saturated heterocycles. The second-order valence-electron chi connectivity index (χ2n) is 9.24. The Hall–Kier alpha value is -0.760. The SMILES string of the molecule is COCCCOc1cc(C[C@@H](C[C@H](N)[C@@H](O)CNC2CCCC2)C(C)C)ccc1OC.Cl.Cl. The first-order chi connectivity index (χ1) is 14.9. The summed E-state index contributed by atoms with van der Waals surface area (Å²) < 4.78 is 16.5. The fourth-order valence-corrected chi connectivity index (χ4v) is 4.32. The van der Waals surface area contributed by atoms with Crippen LogP contribution < -0.4 is 20.5 Å². The fourth-order valence-electron chi connectivity index (χ4n) is 4.32. The number of halogens is 2. The molecule has 194 valence electrons. The third kappa shape index (κ3) is 11.5. The molecule has 1 aliphatic rings. The summed E-state index contributed by atoms with van der Waals surface area (Å²) in [5, 5.41) is 14.1. The number of hydrogen-bond acceptors (Lipinski definition) is 6. The fraction of sp³-hybridized carbons (Fsp3) is 0.760. The number of ether oxygens (including phenoxy) is 3. The topological polar surface area (TPSA) is 86.0 Å². The lowest BCUT2D eigenvalue weighted by atomic mass is 9.83. The molecule has 33 heavy (non-hydrogen) atoms. The standard InChI is InChI=1S/C25H44N2O4.2ClH/c1-18(2)20(16-22(26)23(28)17-27-21-8-5-6-9-21)14-19-10-11-24(30-4)25(15-19)31-13-7-12-29-3;;/h10-11,15,18,20-23,27-28H,5-9,12-14,16-17,26H2,1-4H3;2*1H/t20-,22-,23-;;/m0../s1. The van der Waals surface area contributed by atoms with Gasteiger partial charge in [-0.3, -0.25) is 0 Å². The van der Waals surface area contributed by atoms with Gasteiger partial charge >= 0.3 is 0 Å². The Bertz CT molecular complexity index is 630. The largest absolute Gasteiger partial charge is 0.493 e. The van der Waals surface area contributed by atoms with E-state index in [2.05, 4.69) is 31.3 Å². The van der Waals surface area contributed by atoms with E-state index in [0.29, 0.717) is 37.6 Å². The molecule has 0 radical (unpaired) electrons. The second kappa shape index (κ2) is 17.6. The van der Waals surface area contributed by atoms with Crippen molar-refractivity contribution >= 4 is 24.8 Å². The third-order valence-corrected chi connectivity index (χ3v) is 6.46.